The van der Waals surface area contributed by atoms with E-state index < -0.39 is 0 Å². The summed E-state index contributed by atoms with van der Waals surface area (Å²) in [6.45, 7) is 15.3. The molecule has 1 N–H and O–H groups in total. The molecule has 1 rings (SSSR count). The molecule has 0 heterocycles. The summed E-state index contributed by atoms with van der Waals surface area (Å²) >= 11 is 0. The first-order valence-electron chi connectivity index (χ1n) is 8.52. The maximum atomic E-state index is 3.65. The van der Waals surface area contributed by atoms with Crippen molar-refractivity contribution in [3.63, 3.8) is 0 Å². The number of hydrogen-bond acceptors (Lipinski definition) is 2. The van der Waals surface area contributed by atoms with Gasteiger partial charge in [-0.25, -0.2) is 0 Å². The fourth-order valence-electron chi connectivity index (χ4n) is 3.13. The highest BCUT2D eigenvalue weighted by Crippen LogP contribution is 2.33. The molecule has 1 fully saturated rings. The summed E-state index contributed by atoms with van der Waals surface area (Å²) in [5.41, 5.74) is 0. The zero-order valence-corrected chi connectivity index (χ0v) is 13.9. The van der Waals surface area contributed by atoms with Gasteiger partial charge in [0.25, 0.3) is 0 Å². The van der Waals surface area contributed by atoms with Crippen molar-refractivity contribution in [2.75, 3.05) is 19.6 Å². The van der Waals surface area contributed by atoms with Gasteiger partial charge >= 0.3 is 0 Å². The topological polar surface area (TPSA) is 15.3 Å². The number of unbranched alkanes of at least 4 members (excludes halogenated alkanes) is 2. The van der Waals surface area contributed by atoms with E-state index in [0.717, 1.165) is 17.9 Å². The van der Waals surface area contributed by atoms with Crippen LogP contribution in [0.25, 0.3) is 0 Å². The molecule has 1 saturated carbocycles. The predicted molar refractivity (Wildman–Crippen MR) is 85.6 cm³/mol. The summed E-state index contributed by atoms with van der Waals surface area (Å²) in [6.07, 6.45) is 6.92. The van der Waals surface area contributed by atoms with Crippen molar-refractivity contribution >= 4 is 0 Å². The van der Waals surface area contributed by atoms with Crippen molar-refractivity contribution in [2.24, 2.45) is 11.8 Å². The number of nitrogens with zero attached hydrogens (tertiary/aromatic N) is 1. The van der Waals surface area contributed by atoms with Crippen LogP contribution in [0.2, 0.25) is 0 Å². The lowest BCUT2D eigenvalue weighted by molar-refractivity contribution is 0.0363. The molecule has 2 atom stereocenters. The Labute approximate surface area is 121 Å². The summed E-state index contributed by atoms with van der Waals surface area (Å²) in [6, 6.07) is 1.55. The minimum Gasteiger partial charge on any atom is -0.316 e. The molecule has 19 heavy (non-hydrogen) atoms. The molecule has 0 radical (unpaired) electrons. The summed E-state index contributed by atoms with van der Waals surface area (Å²) in [5, 5.41) is 3.65. The molecule has 0 amide bonds. The molecule has 2 unspecified atom stereocenters. The normalized spacial score (nSPS) is 23.4. The van der Waals surface area contributed by atoms with Crippen molar-refractivity contribution in [1.29, 1.82) is 0 Å². The maximum Gasteiger partial charge on any atom is 0.0138 e. The minimum absolute atomic E-state index is 0.703. The molecule has 0 spiro atoms. The van der Waals surface area contributed by atoms with Gasteiger partial charge in [-0.2, -0.15) is 0 Å². The molecular weight excluding hydrogens is 232 g/mol. The van der Waals surface area contributed by atoms with E-state index in [0.29, 0.717) is 6.04 Å². The SMILES string of the molecule is CCCCCN(C(C)C)C1CCC1CNCC(C)C. The highest BCUT2D eigenvalue weighted by molar-refractivity contribution is 4.91. The third kappa shape index (κ3) is 5.83. The Kier molecular flexibility index (Phi) is 8.01. The van der Waals surface area contributed by atoms with Gasteiger partial charge in [0, 0.05) is 12.1 Å². The molecule has 0 bridgehead atoms. The van der Waals surface area contributed by atoms with Gasteiger partial charge in [0.2, 0.25) is 0 Å². The molecule has 114 valence electrons. The van der Waals surface area contributed by atoms with Crippen LogP contribution in [0.3, 0.4) is 0 Å². The van der Waals surface area contributed by atoms with Crippen molar-refractivity contribution < 1.29 is 0 Å². The molecule has 0 saturated heterocycles. The fraction of sp³-hybridized carbons (Fsp3) is 1.00. The van der Waals surface area contributed by atoms with Crippen molar-refractivity contribution in [2.45, 2.75) is 78.8 Å². The van der Waals surface area contributed by atoms with Gasteiger partial charge < -0.3 is 5.32 Å². The van der Waals surface area contributed by atoms with Crippen LogP contribution < -0.4 is 5.32 Å². The molecule has 1 aliphatic carbocycles. The lowest BCUT2D eigenvalue weighted by Gasteiger charge is -2.47. The summed E-state index contributed by atoms with van der Waals surface area (Å²) in [7, 11) is 0. The number of rotatable bonds is 10. The lowest BCUT2D eigenvalue weighted by Crippen LogP contribution is -2.53. The van der Waals surface area contributed by atoms with Crippen LogP contribution in [0.15, 0.2) is 0 Å². The van der Waals surface area contributed by atoms with Gasteiger partial charge in [-0.15, -0.1) is 0 Å². The highest BCUT2D eigenvalue weighted by atomic mass is 15.2. The molecular formula is C17H36N2. The van der Waals surface area contributed by atoms with E-state index in [4.69, 9.17) is 0 Å². The molecule has 0 aromatic rings. The molecule has 2 heteroatoms. The van der Waals surface area contributed by atoms with Crippen LogP contribution in [0.1, 0.15) is 66.7 Å². The van der Waals surface area contributed by atoms with Crippen molar-refractivity contribution in [3.05, 3.63) is 0 Å². The van der Waals surface area contributed by atoms with Gasteiger partial charge in [-0.1, -0.05) is 33.6 Å². The van der Waals surface area contributed by atoms with E-state index in [1.807, 2.05) is 0 Å². The van der Waals surface area contributed by atoms with Crippen molar-refractivity contribution in [3.8, 4) is 0 Å². The Balaban J connectivity index is 2.32. The van der Waals surface area contributed by atoms with Crippen LogP contribution in [0.5, 0.6) is 0 Å². The Hall–Kier alpha value is -0.0800. The van der Waals surface area contributed by atoms with Crippen molar-refractivity contribution in [1.82, 2.24) is 10.2 Å². The first-order chi connectivity index (χ1) is 9.06. The van der Waals surface area contributed by atoms with Gasteiger partial charge in [0.1, 0.15) is 0 Å². The maximum absolute atomic E-state index is 3.65. The second kappa shape index (κ2) is 8.97. The monoisotopic (exact) mass is 268 g/mol. The number of nitrogens with one attached hydrogen (secondary N) is 1. The third-order valence-electron chi connectivity index (χ3n) is 4.45. The largest absolute Gasteiger partial charge is 0.316 e. The van der Waals surface area contributed by atoms with Gasteiger partial charge in [-0.05, 0) is 64.6 Å². The van der Waals surface area contributed by atoms with Gasteiger partial charge in [-0.3, -0.25) is 4.90 Å². The zero-order valence-electron chi connectivity index (χ0n) is 13.9. The van der Waals surface area contributed by atoms with E-state index in [9.17, 15) is 0 Å². The smallest absolute Gasteiger partial charge is 0.0138 e. The Morgan fingerprint density at radius 2 is 1.84 bits per heavy atom. The second-order valence-corrected chi connectivity index (χ2v) is 7.00. The average Bonchev–Trinajstić information content (AvgIpc) is 2.31. The quantitative estimate of drug-likeness (QED) is 0.604. The highest BCUT2D eigenvalue weighted by Gasteiger charge is 2.35. The average molecular weight is 268 g/mol. The fourth-order valence-corrected chi connectivity index (χ4v) is 3.13. The molecule has 0 aromatic heterocycles. The van der Waals surface area contributed by atoms with Crippen LogP contribution in [-0.2, 0) is 0 Å². The summed E-state index contributed by atoms with van der Waals surface area (Å²) in [5.74, 6) is 1.66. The first kappa shape index (κ1) is 17.0. The molecule has 1 aliphatic rings. The summed E-state index contributed by atoms with van der Waals surface area (Å²) < 4.78 is 0. The van der Waals surface area contributed by atoms with Crippen LogP contribution >= 0.6 is 0 Å². The third-order valence-corrected chi connectivity index (χ3v) is 4.45. The Morgan fingerprint density at radius 3 is 2.32 bits per heavy atom. The van der Waals surface area contributed by atoms with Gasteiger partial charge in [0.05, 0.1) is 0 Å². The van der Waals surface area contributed by atoms with Crippen LogP contribution in [0.4, 0.5) is 0 Å². The zero-order chi connectivity index (χ0) is 14.3. The van der Waals surface area contributed by atoms with E-state index in [1.54, 1.807) is 0 Å². The van der Waals surface area contributed by atoms with Gasteiger partial charge in [0.15, 0.2) is 0 Å². The predicted octanol–water partition coefficient (Wildman–Crippen LogP) is 3.91. The standard InChI is InChI=1S/C17H36N2/c1-6-7-8-11-19(15(4)5)17-10-9-16(17)13-18-12-14(2)3/h14-18H,6-13H2,1-5H3. The van der Waals surface area contributed by atoms with E-state index >= 15 is 0 Å². The Morgan fingerprint density at radius 1 is 1.11 bits per heavy atom. The Bertz CT molecular complexity index is 225. The van der Waals surface area contributed by atoms with E-state index in [-0.39, 0.29) is 0 Å². The second-order valence-electron chi connectivity index (χ2n) is 7.00. The van der Waals surface area contributed by atoms with Crippen LogP contribution in [0, 0.1) is 11.8 Å². The summed E-state index contributed by atoms with van der Waals surface area (Å²) in [4.78, 5) is 2.76. The lowest BCUT2D eigenvalue weighted by atomic mass is 9.77. The first-order valence-corrected chi connectivity index (χ1v) is 8.52. The molecule has 0 aliphatic heterocycles. The molecule has 2 nitrogen and oxygen atoms in total. The number of hydrogen-bond donors (Lipinski definition) is 1. The minimum atomic E-state index is 0.703. The van der Waals surface area contributed by atoms with Crippen LogP contribution in [-0.4, -0.2) is 36.6 Å². The van der Waals surface area contributed by atoms with E-state index in [2.05, 4.69) is 44.8 Å². The molecule has 0 aromatic carbocycles. The van der Waals surface area contributed by atoms with E-state index in [1.165, 1.54) is 51.7 Å².